The van der Waals surface area contributed by atoms with Gasteiger partial charge in [-0.1, -0.05) is 26.0 Å². The Morgan fingerprint density at radius 3 is 2.58 bits per heavy atom. The Hall–Kier alpha value is -2.23. The van der Waals surface area contributed by atoms with E-state index in [-0.39, 0.29) is 24.2 Å². The highest BCUT2D eigenvalue weighted by Crippen LogP contribution is 2.39. The molecule has 1 aromatic rings. The van der Waals surface area contributed by atoms with Crippen LogP contribution < -0.4 is 15.5 Å². The molecule has 0 bridgehead atoms. The van der Waals surface area contributed by atoms with Gasteiger partial charge in [-0.3, -0.25) is 14.8 Å². The van der Waals surface area contributed by atoms with E-state index in [1.54, 1.807) is 30.9 Å². The molecule has 174 valence electrons. The van der Waals surface area contributed by atoms with Gasteiger partial charge in [0.1, 0.15) is 6.10 Å². The quantitative estimate of drug-likeness (QED) is 0.363. The van der Waals surface area contributed by atoms with Crippen molar-refractivity contribution in [3.8, 4) is 5.75 Å². The summed E-state index contributed by atoms with van der Waals surface area (Å²) in [6.45, 7) is 10.3. The van der Waals surface area contributed by atoms with E-state index in [4.69, 9.17) is 9.94 Å². The summed E-state index contributed by atoms with van der Waals surface area (Å²) in [5.41, 5.74) is 0.951. The minimum absolute atomic E-state index is 0.0123. The molecule has 8 nitrogen and oxygen atoms in total. The van der Waals surface area contributed by atoms with Crippen LogP contribution in [0.5, 0.6) is 5.75 Å². The van der Waals surface area contributed by atoms with Gasteiger partial charge in [0.2, 0.25) is 5.91 Å². The number of hydrogen-bond donors (Lipinski definition) is 4. The number of aliphatic hydroxyl groups is 1. The van der Waals surface area contributed by atoms with Crippen LogP contribution in [0.15, 0.2) is 18.2 Å². The third-order valence-electron chi connectivity index (χ3n) is 5.55. The first-order valence-electron chi connectivity index (χ1n) is 10.6. The molecule has 31 heavy (non-hydrogen) atoms. The summed E-state index contributed by atoms with van der Waals surface area (Å²) in [7, 11) is 0. The maximum absolute atomic E-state index is 14.7. The first-order valence-corrected chi connectivity index (χ1v) is 10.6. The number of halogens is 1. The SMILES string of the molecule is CC(C)C[C@H](C(=O)N1CCNC[C@@]1(C)c1cccc(F)c1OC(C)C)[C@H](O)C(=O)NO. The van der Waals surface area contributed by atoms with Gasteiger partial charge in [0.15, 0.2) is 11.6 Å². The summed E-state index contributed by atoms with van der Waals surface area (Å²) in [5, 5.41) is 22.7. The summed E-state index contributed by atoms with van der Waals surface area (Å²) in [6, 6.07) is 4.60. The molecule has 0 spiro atoms. The van der Waals surface area contributed by atoms with Crippen LogP contribution in [0.25, 0.3) is 0 Å². The monoisotopic (exact) mass is 439 g/mol. The van der Waals surface area contributed by atoms with Crippen molar-refractivity contribution in [3.63, 3.8) is 0 Å². The number of benzene rings is 1. The zero-order chi connectivity index (χ0) is 23.3. The molecule has 0 aromatic heterocycles. The summed E-state index contributed by atoms with van der Waals surface area (Å²) in [6.07, 6.45) is -1.74. The Kier molecular flexibility index (Phi) is 8.39. The van der Waals surface area contributed by atoms with Crippen LogP contribution in [0.2, 0.25) is 0 Å². The number of carbonyl (C=O) groups is 2. The third kappa shape index (κ3) is 5.53. The van der Waals surface area contributed by atoms with Crippen LogP contribution in [0, 0.1) is 17.7 Å². The Morgan fingerprint density at radius 2 is 2.00 bits per heavy atom. The number of piperazine rings is 1. The van der Waals surface area contributed by atoms with Gasteiger partial charge in [0, 0.05) is 25.2 Å². The fourth-order valence-corrected chi connectivity index (χ4v) is 4.07. The van der Waals surface area contributed by atoms with Gasteiger partial charge < -0.3 is 20.1 Å². The molecule has 1 aromatic carbocycles. The summed E-state index contributed by atoms with van der Waals surface area (Å²) < 4.78 is 20.5. The Morgan fingerprint density at radius 1 is 1.32 bits per heavy atom. The standard InChI is InChI=1S/C22H34FN3O5/c1-13(2)11-15(18(27)20(28)25-30)21(29)26-10-9-24-12-22(26,5)16-7-6-8-17(23)19(16)31-14(3)4/h6-8,13-15,18,24,27,30H,9-12H2,1-5H3,(H,25,28)/t15-,18-,22-/m0/s1. The van der Waals surface area contributed by atoms with Crippen molar-refractivity contribution in [2.45, 2.75) is 58.8 Å². The Balaban J connectivity index is 2.52. The van der Waals surface area contributed by atoms with E-state index < -0.39 is 35.2 Å². The second-order valence-corrected chi connectivity index (χ2v) is 8.88. The van der Waals surface area contributed by atoms with Crippen molar-refractivity contribution in [1.82, 2.24) is 15.7 Å². The lowest BCUT2D eigenvalue weighted by molar-refractivity contribution is -0.156. The van der Waals surface area contributed by atoms with Crippen molar-refractivity contribution in [2.75, 3.05) is 19.6 Å². The number of rotatable bonds is 8. The van der Waals surface area contributed by atoms with Crippen LogP contribution in [-0.2, 0) is 15.1 Å². The highest BCUT2D eigenvalue weighted by atomic mass is 19.1. The molecule has 0 aliphatic carbocycles. The van der Waals surface area contributed by atoms with Gasteiger partial charge in [-0.15, -0.1) is 0 Å². The van der Waals surface area contributed by atoms with Crippen LogP contribution in [0.1, 0.15) is 46.6 Å². The average Bonchev–Trinajstić information content (AvgIpc) is 2.71. The molecule has 4 N–H and O–H groups in total. The molecule has 0 radical (unpaired) electrons. The van der Waals surface area contributed by atoms with E-state index in [0.717, 1.165) is 0 Å². The van der Waals surface area contributed by atoms with Gasteiger partial charge in [0.05, 0.1) is 17.6 Å². The zero-order valence-corrected chi connectivity index (χ0v) is 18.8. The number of ether oxygens (including phenoxy) is 1. The van der Waals surface area contributed by atoms with Gasteiger partial charge >= 0.3 is 0 Å². The van der Waals surface area contributed by atoms with E-state index in [0.29, 0.717) is 25.2 Å². The van der Waals surface area contributed by atoms with Crippen molar-refractivity contribution in [3.05, 3.63) is 29.6 Å². The molecule has 1 fully saturated rings. The molecule has 1 heterocycles. The Bertz CT molecular complexity index is 788. The first-order chi connectivity index (χ1) is 14.5. The normalized spacial score (nSPS) is 21.2. The minimum atomic E-state index is -1.71. The molecule has 1 aliphatic rings. The Labute approximate surface area is 182 Å². The number of aliphatic hydroxyl groups excluding tert-OH is 1. The van der Waals surface area contributed by atoms with E-state index in [2.05, 4.69) is 5.32 Å². The van der Waals surface area contributed by atoms with Crippen molar-refractivity contribution in [1.29, 1.82) is 0 Å². The molecule has 1 aliphatic heterocycles. The van der Waals surface area contributed by atoms with E-state index >= 15 is 0 Å². The van der Waals surface area contributed by atoms with E-state index in [1.807, 2.05) is 20.8 Å². The van der Waals surface area contributed by atoms with Gasteiger partial charge in [-0.25, -0.2) is 9.87 Å². The highest BCUT2D eigenvalue weighted by Gasteiger charge is 2.45. The molecular weight excluding hydrogens is 405 g/mol. The molecule has 0 saturated carbocycles. The second-order valence-electron chi connectivity index (χ2n) is 8.88. The van der Waals surface area contributed by atoms with E-state index in [9.17, 15) is 19.1 Å². The zero-order valence-electron chi connectivity index (χ0n) is 18.8. The average molecular weight is 440 g/mol. The molecule has 2 rings (SSSR count). The maximum atomic E-state index is 14.7. The van der Waals surface area contributed by atoms with Gasteiger partial charge in [-0.2, -0.15) is 0 Å². The van der Waals surface area contributed by atoms with E-state index in [1.165, 1.54) is 11.5 Å². The lowest BCUT2D eigenvalue weighted by atomic mass is 9.83. The molecule has 0 unspecified atom stereocenters. The van der Waals surface area contributed by atoms with Gasteiger partial charge in [-0.05, 0) is 39.2 Å². The topological polar surface area (TPSA) is 111 Å². The molecule has 1 saturated heterocycles. The number of carbonyl (C=O) groups excluding carboxylic acids is 2. The van der Waals surface area contributed by atoms with Crippen LogP contribution in [0.4, 0.5) is 4.39 Å². The van der Waals surface area contributed by atoms with Crippen LogP contribution in [-0.4, -0.2) is 58.9 Å². The number of para-hydroxylation sites is 1. The molecule has 3 atom stereocenters. The fraction of sp³-hybridized carbons (Fsp3) is 0.636. The maximum Gasteiger partial charge on any atom is 0.272 e. The molecule has 9 heteroatoms. The predicted octanol–water partition coefficient (Wildman–Crippen LogP) is 1.79. The largest absolute Gasteiger partial charge is 0.488 e. The second kappa shape index (κ2) is 10.4. The summed E-state index contributed by atoms with van der Waals surface area (Å²) >= 11 is 0. The first kappa shape index (κ1) is 25.0. The van der Waals surface area contributed by atoms with Crippen molar-refractivity contribution in [2.24, 2.45) is 11.8 Å². The lowest BCUT2D eigenvalue weighted by Gasteiger charge is -2.47. The molecule has 2 amide bonds. The number of nitrogens with one attached hydrogen (secondary N) is 2. The lowest BCUT2D eigenvalue weighted by Crippen LogP contribution is -2.62. The molecular formula is C22H34FN3O5. The number of nitrogens with zero attached hydrogens (tertiary/aromatic N) is 1. The van der Waals surface area contributed by atoms with Gasteiger partial charge in [0.25, 0.3) is 5.91 Å². The number of amides is 2. The highest BCUT2D eigenvalue weighted by molar-refractivity contribution is 5.89. The van der Waals surface area contributed by atoms with Crippen molar-refractivity contribution < 1.29 is 29.0 Å². The van der Waals surface area contributed by atoms with Crippen LogP contribution in [0.3, 0.4) is 0 Å². The predicted molar refractivity (Wildman–Crippen MR) is 113 cm³/mol. The third-order valence-corrected chi connectivity index (χ3v) is 5.55. The minimum Gasteiger partial charge on any atom is -0.488 e. The van der Waals surface area contributed by atoms with Crippen molar-refractivity contribution >= 4 is 11.8 Å². The van der Waals surface area contributed by atoms with Crippen LogP contribution >= 0.6 is 0 Å². The number of hydroxylamine groups is 1. The number of hydrogen-bond acceptors (Lipinski definition) is 6. The smallest absolute Gasteiger partial charge is 0.272 e. The summed E-state index contributed by atoms with van der Waals surface area (Å²) in [5.74, 6) is -2.97. The summed E-state index contributed by atoms with van der Waals surface area (Å²) in [4.78, 5) is 27.1. The fourth-order valence-electron chi connectivity index (χ4n) is 4.07.